The van der Waals surface area contributed by atoms with Crippen molar-refractivity contribution in [2.24, 2.45) is 4.99 Å². The smallest absolute Gasteiger partial charge is 0.338 e. The minimum atomic E-state index is -0.813. The number of thiazole rings is 1. The Kier molecular flexibility index (Phi) is 8.11. The van der Waals surface area contributed by atoms with Crippen LogP contribution in [-0.4, -0.2) is 24.3 Å². The van der Waals surface area contributed by atoms with Gasteiger partial charge in [0.25, 0.3) is 5.56 Å². The van der Waals surface area contributed by atoms with Gasteiger partial charge in [-0.25, -0.2) is 18.6 Å². The van der Waals surface area contributed by atoms with Crippen LogP contribution >= 0.6 is 11.3 Å². The standard InChI is InChI=1S/C31H26F2N2O5S/c1-4-39-30(37)27-18(2)34-31-35(28(27)20-8-6-5-7-9-20)29(36)26(41-31)15-19-10-12-24(38-3)21(14-19)17-40-25-13-11-22(32)16-23(25)33/h5-16,28H,4,17H2,1-3H3/t28-/m1/s1. The Morgan fingerprint density at radius 1 is 1.07 bits per heavy atom. The Bertz CT molecular complexity index is 1830. The maximum atomic E-state index is 14.1. The summed E-state index contributed by atoms with van der Waals surface area (Å²) in [5, 5.41) is 0. The number of halogens is 2. The van der Waals surface area contributed by atoms with Gasteiger partial charge in [0.1, 0.15) is 18.2 Å². The van der Waals surface area contributed by atoms with E-state index in [0.29, 0.717) is 37.5 Å². The first kappa shape index (κ1) is 28.0. The molecule has 0 spiro atoms. The molecule has 0 radical (unpaired) electrons. The van der Waals surface area contributed by atoms with Gasteiger partial charge >= 0.3 is 5.97 Å². The van der Waals surface area contributed by atoms with Gasteiger partial charge in [-0.05, 0) is 55.3 Å². The van der Waals surface area contributed by atoms with E-state index in [0.717, 1.165) is 17.7 Å². The summed E-state index contributed by atoms with van der Waals surface area (Å²) in [5.41, 5.74) is 2.52. The van der Waals surface area contributed by atoms with Crippen LogP contribution in [0, 0.1) is 11.6 Å². The molecule has 0 amide bonds. The number of ether oxygens (including phenoxy) is 3. The van der Waals surface area contributed by atoms with E-state index in [1.807, 2.05) is 30.3 Å². The molecular weight excluding hydrogens is 550 g/mol. The monoisotopic (exact) mass is 576 g/mol. The van der Waals surface area contributed by atoms with Crippen LogP contribution in [0.1, 0.15) is 36.6 Å². The summed E-state index contributed by atoms with van der Waals surface area (Å²) in [6.45, 7) is 3.60. The number of fused-ring (bicyclic) bond motifs is 1. The summed E-state index contributed by atoms with van der Waals surface area (Å²) in [4.78, 5) is 31.8. The van der Waals surface area contributed by atoms with Crippen LogP contribution in [0.3, 0.4) is 0 Å². The van der Waals surface area contributed by atoms with Gasteiger partial charge in [0.15, 0.2) is 16.4 Å². The van der Waals surface area contributed by atoms with Crippen LogP contribution < -0.4 is 24.4 Å². The molecule has 1 aliphatic rings. The summed E-state index contributed by atoms with van der Waals surface area (Å²) in [7, 11) is 1.50. The fourth-order valence-corrected chi connectivity index (χ4v) is 5.69. The van der Waals surface area contributed by atoms with Crippen LogP contribution in [0.15, 0.2) is 87.8 Å². The van der Waals surface area contributed by atoms with Crippen molar-refractivity contribution in [3.63, 3.8) is 0 Å². The number of carbonyl (C=O) groups excluding carboxylic acids is 1. The van der Waals surface area contributed by atoms with E-state index in [9.17, 15) is 18.4 Å². The third-order valence-corrected chi connectivity index (χ3v) is 7.49. The molecule has 2 heterocycles. The van der Waals surface area contributed by atoms with E-state index in [1.165, 1.54) is 29.1 Å². The van der Waals surface area contributed by atoms with Crippen molar-refractivity contribution in [3.8, 4) is 11.5 Å². The molecule has 0 N–H and O–H groups in total. The fourth-order valence-electron chi connectivity index (χ4n) is 4.64. The van der Waals surface area contributed by atoms with Crippen LogP contribution in [0.5, 0.6) is 11.5 Å². The molecule has 7 nitrogen and oxygen atoms in total. The van der Waals surface area contributed by atoms with Crippen molar-refractivity contribution < 1.29 is 27.8 Å². The zero-order valence-corrected chi connectivity index (χ0v) is 23.3. The fraction of sp³-hybridized carbons (Fsp3) is 0.194. The SMILES string of the molecule is CCOC(=O)C1=C(C)N=c2sc(=Cc3ccc(OC)c(COc4ccc(F)cc4F)c3)c(=O)n2[C@@H]1c1ccccc1. The molecule has 3 aromatic carbocycles. The average Bonchev–Trinajstić information content (AvgIpc) is 3.26. The first-order valence-corrected chi connectivity index (χ1v) is 13.6. The molecule has 0 saturated carbocycles. The number of nitrogens with zero attached hydrogens (tertiary/aromatic N) is 2. The highest BCUT2D eigenvalue weighted by atomic mass is 32.1. The number of allylic oxidation sites excluding steroid dienone is 1. The molecule has 41 heavy (non-hydrogen) atoms. The number of aromatic nitrogens is 1. The summed E-state index contributed by atoms with van der Waals surface area (Å²) in [6.07, 6.45) is 1.72. The minimum absolute atomic E-state index is 0.0508. The molecule has 5 rings (SSSR count). The van der Waals surface area contributed by atoms with E-state index in [1.54, 1.807) is 38.1 Å². The minimum Gasteiger partial charge on any atom is -0.496 e. The molecular formula is C31H26F2N2O5S. The lowest BCUT2D eigenvalue weighted by Gasteiger charge is -2.24. The van der Waals surface area contributed by atoms with Crippen molar-refractivity contribution in [1.29, 1.82) is 0 Å². The highest BCUT2D eigenvalue weighted by molar-refractivity contribution is 7.07. The summed E-state index contributed by atoms with van der Waals surface area (Å²) < 4.78 is 45.6. The Labute approximate surface area is 238 Å². The molecule has 1 aliphatic heterocycles. The summed E-state index contributed by atoms with van der Waals surface area (Å²) in [5.74, 6) is -1.62. The van der Waals surface area contributed by atoms with Gasteiger partial charge in [-0.2, -0.15) is 0 Å². The highest BCUT2D eigenvalue weighted by Crippen LogP contribution is 2.30. The van der Waals surface area contributed by atoms with Crippen LogP contribution in [0.2, 0.25) is 0 Å². The quantitative estimate of drug-likeness (QED) is 0.285. The topological polar surface area (TPSA) is 79.1 Å². The molecule has 0 bridgehead atoms. The summed E-state index contributed by atoms with van der Waals surface area (Å²) >= 11 is 1.21. The Morgan fingerprint density at radius 2 is 1.83 bits per heavy atom. The molecule has 0 aliphatic carbocycles. The maximum absolute atomic E-state index is 14.1. The molecule has 0 saturated heterocycles. The number of hydrogen-bond acceptors (Lipinski definition) is 7. The predicted molar refractivity (Wildman–Crippen MR) is 151 cm³/mol. The number of esters is 1. The van der Waals surface area contributed by atoms with Crippen molar-refractivity contribution in [3.05, 3.63) is 126 Å². The summed E-state index contributed by atoms with van der Waals surface area (Å²) in [6, 6.07) is 16.9. The lowest BCUT2D eigenvalue weighted by molar-refractivity contribution is -0.139. The normalized spacial score (nSPS) is 14.9. The highest BCUT2D eigenvalue weighted by Gasteiger charge is 2.33. The second-order valence-corrected chi connectivity index (χ2v) is 10.2. The van der Waals surface area contributed by atoms with E-state index >= 15 is 0 Å². The molecule has 10 heteroatoms. The van der Waals surface area contributed by atoms with Crippen molar-refractivity contribution in [2.75, 3.05) is 13.7 Å². The van der Waals surface area contributed by atoms with Crippen molar-refractivity contribution in [2.45, 2.75) is 26.5 Å². The van der Waals surface area contributed by atoms with Crippen molar-refractivity contribution in [1.82, 2.24) is 4.57 Å². The zero-order chi connectivity index (χ0) is 29.1. The first-order valence-electron chi connectivity index (χ1n) is 12.8. The molecule has 210 valence electrons. The maximum Gasteiger partial charge on any atom is 0.338 e. The van der Waals surface area contributed by atoms with Crippen molar-refractivity contribution >= 4 is 23.4 Å². The van der Waals surface area contributed by atoms with E-state index in [4.69, 9.17) is 14.2 Å². The predicted octanol–water partition coefficient (Wildman–Crippen LogP) is 4.66. The van der Waals surface area contributed by atoms with Gasteiger partial charge in [-0.1, -0.05) is 47.7 Å². The third kappa shape index (κ3) is 5.69. The number of hydrogen-bond donors (Lipinski definition) is 0. The number of methoxy groups -OCH3 is 1. The van der Waals surface area contributed by atoms with Crippen LogP contribution in [0.25, 0.3) is 6.08 Å². The largest absolute Gasteiger partial charge is 0.496 e. The van der Waals surface area contributed by atoms with Gasteiger partial charge in [0, 0.05) is 11.6 Å². The Hall–Kier alpha value is -4.57. The number of benzene rings is 3. The van der Waals surface area contributed by atoms with Gasteiger partial charge in [0.05, 0.1) is 35.6 Å². The lowest BCUT2D eigenvalue weighted by atomic mass is 9.96. The molecule has 0 unspecified atom stereocenters. The first-order chi connectivity index (χ1) is 19.8. The zero-order valence-electron chi connectivity index (χ0n) is 22.5. The van der Waals surface area contributed by atoms with E-state index in [2.05, 4.69) is 4.99 Å². The molecule has 1 atom stereocenters. The van der Waals surface area contributed by atoms with E-state index in [-0.39, 0.29) is 24.5 Å². The number of rotatable bonds is 8. The Balaban J connectivity index is 1.56. The molecule has 1 aromatic heterocycles. The Morgan fingerprint density at radius 3 is 2.54 bits per heavy atom. The van der Waals surface area contributed by atoms with Crippen LogP contribution in [-0.2, 0) is 16.1 Å². The van der Waals surface area contributed by atoms with Gasteiger partial charge in [0.2, 0.25) is 0 Å². The van der Waals surface area contributed by atoms with Crippen LogP contribution in [0.4, 0.5) is 8.78 Å². The molecule has 0 fully saturated rings. The number of carbonyl (C=O) groups is 1. The van der Waals surface area contributed by atoms with E-state index < -0.39 is 23.6 Å². The third-order valence-electron chi connectivity index (χ3n) is 6.51. The van der Waals surface area contributed by atoms with Gasteiger partial charge in [-0.15, -0.1) is 0 Å². The average molecular weight is 577 g/mol. The van der Waals surface area contributed by atoms with Gasteiger partial charge < -0.3 is 14.2 Å². The van der Waals surface area contributed by atoms with Gasteiger partial charge in [-0.3, -0.25) is 9.36 Å². The molecule has 4 aromatic rings. The lowest BCUT2D eigenvalue weighted by Crippen LogP contribution is -2.39. The second-order valence-electron chi connectivity index (χ2n) is 9.15. The second kappa shape index (κ2) is 11.9.